The number of rotatable bonds is 6. The Morgan fingerprint density at radius 1 is 1.29 bits per heavy atom. The van der Waals surface area contributed by atoms with Crippen molar-refractivity contribution >= 4 is 52.5 Å². The maximum atomic E-state index is 12.1. The molecule has 1 unspecified atom stereocenters. The van der Waals surface area contributed by atoms with Crippen molar-refractivity contribution in [3.05, 3.63) is 74.9 Å². The van der Waals surface area contributed by atoms with Crippen LogP contribution in [0.5, 0.6) is 5.75 Å². The molecule has 9 heteroatoms. The van der Waals surface area contributed by atoms with Crippen LogP contribution in [0.15, 0.2) is 48.7 Å². The van der Waals surface area contributed by atoms with Crippen LogP contribution in [-0.2, 0) is 11.2 Å². The molecule has 1 atom stereocenters. The van der Waals surface area contributed by atoms with E-state index in [-0.39, 0.29) is 16.9 Å². The van der Waals surface area contributed by atoms with Crippen LogP contribution in [0.1, 0.15) is 20.8 Å². The number of ether oxygens (including phenoxy) is 1. The van der Waals surface area contributed by atoms with E-state index < -0.39 is 5.97 Å². The topological polar surface area (TPSA) is 88.5 Å². The van der Waals surface area contributed by atoms with E-state index in [4.69, 9.17) is 33.0 Å². The summed E-state index contributed by atoms with van der Waals surface area (Å²) in [6.07, 6.45) is 4.91. The number of carboxylic acids is 1. The van der Waals surface area contributed by atoms with Gasteiger partial charge in [-0.25, -0.2) is 9.78 Å². The summed E-state index contributed by atoms with van der Waals surface area (Å²) in [6, 6.07) is 10.6. The van der Waals surface area contributed by atoms with E-state index in [0.29, 0.717) is 34.5 Å². The minimum atomic E-state index is -0.956. The van der Waals surface area contributed by atoms with E-state index in [2.05, 4.69) is 10.3 Å². The number of hydrogen-bond acceptors (Lipinski definition) is 5. The molecule has 0 bridgehead atoms. The highest BCUT2D eigenvalue weighted by Gasteiger charge is 2.26. The van der Waals surface area contributed by atoms with Gasteiger partial charge in [0.1, 0.15) is 21.9 Å². The summed E-state index contributed by atoms with van der Waals surface area (Å²) in [5.74, 6) is -0.633. The van der Waals surface area contributed by atoms with Crippen LogP contribution >= 0.6 is 34.5 Å². The monoisotopic (exact) mass is 474 g/mol. The lowest BCUT2D eigenvalue weighted by Gasteiger charge is -2.11. The summed E-state index contributed by atoms with van der Waals surface area (Å²) in [5.41, 5.74) is 2.42. The van der Waals surface area contributed by atoms with Crippen molar-refractivity contribution in [3.8, 4) is 16.2 Å². The fourth-order valence-corrected chi connectivity index (χ4v) is 4.51. The van der Waals surface area contributed by atoms with E-state index in [9.17, 15) is 9.59 Å². The summed E-state index contributed by atoms with van der Waals surface area (Å²) in [4.78, 5) is 28.3. The van der Waals surface area contributed by atoms with E-state index in [0.717, 1.165) is 16.0 Å². The van der Waals surface area contributed by atoms with E-state index in [1.807, 2.05) is 6.07 Å². The zero-order chi connectivity index (χ0) is 22.0. The number of hydrogen-bond donors (Lipinski definition) is 2. The first-order valence-corrected chi connectivity index (χ1v) is 10.9. The molecule has 2 aromatic heterocycles. The van der Waals surface area contributed by atoms with Crippen molar-refractivity contribution in [2.75, 3.05) is 6.54 Å². The number of carbonyl (C=O) groups excluding carboxylic acids is 1. The predicted molar refractivity (Wildman–Crippen MR) is 121 cm³/mol. The number of carboxylic acid groups (broad SMARTS) is 1. The van der Waals surface area contributed by atoms with Gasteiger partial charge >= 0.3 is 5.97 Å². The van der Waals surface area contributed by atoms with Crippen molar-refractivity contribution < 1.29 is 19.4 Å². The molecule has 0 saturated carbocycles. The molecule has 1 amide bonds. The van der Waals surface area contributed by atoms with E-state index in [1.165, 1.54) is 17.4 Å². The lowest BCUT2D eigenvalue weighted by atomic mass is 10.1. The van der Waals surface area contributed by atoms with Gasteiger partial charge in [0, 0.05) is 34.7 Å². The second-order valence-corrected chi connectivity index (χ2v) is 8.67. The minimum absolute atomic E-state index is 0.250. The van der Waals surface area contributed by atoms with Gasteiger partial charge in [-0.05, 0) is 42.0 Å². The summed E-state index contributed by atoms with van der Waals surface area (Å²) in [6.45, 7) is 0.312. The number of benzene rings is 1. The highest BCUT2D eigenvalue weighted by Crippen LogP contribution is 2.41. The second-order valence-electron chi connectivity index (χ2n) is 6.82. The van der Waals surface area contributed by atoms with Gasteiger partial charge < -0.3 is 15.2 Å². The molecule has 4 rings (SSSR count). The number of fused-ring (bicyclic) bond motifs is 1. The lowest BCUT2D eigenvalue weighted by Crippen LogP contribution is -2.33. The Kier molecular flexibility index (Phi) is 6.27. The number of halogens is 2. The van der Waals surface area contributed by atoms with Crippen LogP contribution < -0.4 is 10.1 Å². The first kappa shape index (κ1) is 21.4. The number of carbonyl (C=O) groups is 2. The Morgan fingerprint density at radius 3 is 2.87 bits per heavy atom. The lowest BCUT2D eigenvalue weighted by molar-refractivity contribution is -0.116. The van der Waals surface area contributed by atoms with Crippen molar-refractivity contribution in [2.45, 2.75) is 12.5 Å². The number of nitrogens with one attached hydrogen (secondary N) is 1. The van der Waals surface area contributed by atoms with Gasteiger partial charge in [-0.1, -0.05) is 29.3 Å². The molecule has 0 radical (unpaired) electrons. The Morgan fingerprint density at radius 2 is 2.13 bits per heavy atom. The number of amides is 1. The molecule has 1 aromatic carbocycles. The van der Waals surface area contributed by atoms with Crippen molar-refractivity contribution in [3.63, 3.8) is 0 Å². The minimum Gasteiger partial charge on any atom is -0.486 e. The standard InChI is InChI=1S/C22H16Cl2N2O4S/c23-16-10-13(17-4-5-18(31-17)22(28)29)8-14-9-15(30-20(14)16)11-26-19(27)6-3-12-2-1-7-25-21(12)24/h1-8,10,15H,9,11H2,(H,26,27)(H,28,29)/b6-3+. The van der Waals surface area contributed by atoms with Crippen molar-refractivity contribution in [1.82, 2.24) is 10.3 Å². The molecule has 3 aromatic rings. The first-order valence-electron chi connectivity index (χ1n) is 9.29. The zero-order valence-electron chi connectivity index (χ0n) is 16.0. The van der Waals surface area contributed by atoms with Crippen molar-refractivity contribution in [1.29, 1.82) is 0 Å². The molecule has 1 aliphatic heterocycles. The Labute approximate surface area is 192 Å². The highest BCUT2D eigenvalue weighted by atomic mass is 35.5. The molecule has 31 heavy (non-hydrogen) atoms. The summed E-state index contributed by atoms with van der Waals surface area (Å²) >= 11 is 13.6. The third-order valence-corrected chi connectivity index (χ3v) is 6.38. The maximum Gasteiger partial charge on any atom is 0.345 e. The number of aromatic nitrogens is 1. The SMILES string of the molecule is O=C(/C=C/c1cccnc1Cl)NCC1Cc2cc(-c3ccc(C(=O)O)s3)cc(Cl)c2O1. The predicted octanol–water partition coefficient (Wildman–Crippen LogP) is 4.95. The Bertz CT molecular complexity index is 1190. The molecule has 0 spiro atoms. The van der Waals surface area contributed by atoms with Crippen LogP contribution in [0, 0.1) is 0 Å². The fraction of sp³-hybridized carbons (Fsp3) is 0.136. The summed E-state index contributed by atoms with van der Waals surface area (Å²) < 4.78 is 5.91. The smallest absolute Gasteiger partial charge is 0.345 e. The van der Waals surface area contributed by atoms with E-state index >= 15 is 0 Å². The second kappa shape index (κ2) is 9.09. The maximum absolute atomic E-state index is 12.1. The van der Waals surface area contributed by atoms with Gasteiger partial charge in [-0.2, -0.15) is 0 Å². The van der Waals surface area contributed by atoms with Gasteiger partial charge in [-0.3, -0.25) is 4.79 Å². The zero-order valence-corrected chi connectivity index (χ0v) is 18.3. The van der Waals surface area contributed by atoms with Gasteiger partial charge in [0.25, 0.3) is 0 Å². The molecule has 0 fully saturated rings. The number of thiophene rings is 1. The van der Waals surface area contributed by atoms with Crippen LogP contribution in [0.2, 0.25) is 10.2 Å². The molecule has 0 saturated heterocycles. The average molecular weight is 475 g/mol. The molecule has 1 aliphatic rings. The number of aromatic carboxylic acids is 1. The van der Waals surface area contributed by atoms with Crippen LogP contribution in [0.3, 0.4) is 0 Å². The van der Waals surface area contributed by atoms with Crippen molar-refractivity contribution in [2.24, 2.45) is 0 Å². The van der Waals surface area contributed by atoms with Crippen LogP contribution in [0.25, 0.3) is 16.5 Å². The molecule has 6 nitrogen and oxygen atoms in total. The first-order chi connectivity index (χ1) is 14.9. The highest BCUT2D eigenvalue weighted by molar-refractivity contribution is 7.17. The summed E-state index contributed by atoms with van der Waals surface area (Å²) in [7, 11) is 0. The average Bonchev–Trinajstić information content (AvgIpc) is 3.39. The van der Waals surface area contributed by atoms with Crippen LogP contribution in [-0.4, -0.2) is 34.6 Å². The van der Waals surface area contributed by atoms with Crippen LogP contribution in [0.4, 0.5) is 0 Å². The third-order valence-electron chi connectivity index (χ3n) is 4.66. The number of nitrogens with zero attached hydrogens (tertiary/aromatic N) is 1. The van der Waals surface area contributed by atoms with E-state index in [1.54, 1.807) is 42.6 Å². The number of pyridine rings is 1. The molecular weight excluding hydrogens is 459 g/mol. The molecular formula is C22H16Cl2N2O4S. The third kappa shape index (κ3) is 4.90. The van der Waals surface area contributed by atoms with Gasteiger partial charge in [0.05, 0.1) is 11.6 Å². The van der Waals surface area contributed by atoms with Gasteiger partial charge in [-0.15, -0.1) is 11.3 Å². The Hall–Kier alpha value is -2.87. The fourth-order valence-electron chi connectivity index (χ4n) is 3.21. The molecule has 3 heterocycles. The molecule has 158 valence electrons. The largest absolute Gasteiger partial charge is 0.486 e. The van der Waals surface area contributed by atoms with Gasteiger partial charge in [0.15, 0.2) is 0 Å². The molecule has 0 aliphatic carbocycles. The quantitative estimate of drug-likeness (QED) is 0.389. The molecule has 2 N–H and O–H groups in total. The normalized spacial score (nSPS) is 15.0. The summed E-state index contributed by atoms with van der Waals surface area (Å²) in [5, 5.41) is 12.7. The Balaban J connectivity index is 1.39. The van der Waals surface area contributed by atoms with Gasteiger partial charge in [0.2, 0.25) is 5.91 Å².